The van der Waals surface area contributed by atoms with E-state index < -0.39 is 32.5 Å². The quantitative estimate of drug-likeness (QED) is 0.0195. The maximum absolute atomic E-state index is 12.9. The molecule has 2 atom stereocenters. The Morgan fingerprint density at radius 3 is 0.790 bits per heavy atom. The van der Waals surface area contributed by atoms with Crippen molar-refractivity contribution in [2.45, 2.75) is 238 Å². The van der Waals surface area contributed by atoms with Crippen LogP contribution in [0, 0.1) is 0 Å². The number of quaternary nitrogens is 1. The number of esters is 2. The molecule has 0 saturated heterocycles. The van der Waals surface area contributed by atoms with E-state index in [1.54, 1.807) is 0 Å². The van der Waals surface area contributed by atoms with E-state index >= 15 is 0 Å². The zero-order valence-electron chi connectivity index (χ0n) is 63.0. The van der Waals surface area contributed by atoms with Crippen molar-refractivity contribution in [2.24, 2.45) is 0 Å². The van der Waals surface area contributed by atoms with E-state index in [1.165, 1.54) is 0 Å². The molecule has 0 aliphatic heterocycles. The lowest BCUT2D eigenvalue weighted by molar-refractivity contribution is -0.870. The molecule has 0 radical (unpaired) electrons. The third kappa shape index (κ3) is 80.3. The lowest BCUT2D eigenvalue weighted by atomic mass is 10.1. The Labute approximate surface area is 611 Å². The molecule has 100 heavy (non-hydrogen) atoms. The maximum atomic E-state index is 12.9. The monoisotopic (exact) mass is 1390 g/mol. The Bertz CT molecular complexity index is 2700. The summed E-state index contributed by atoms with van der Waals surface area (Å²) in [7, 11) is 1.09. The summed E-state index contributed by atoms with van der Waals surface area (Å²) < 4.78 is 34.3. The van der Waals surface area contributed by atoms with Crippen molar-refractivity contribution in [2.75, 3.05) is 47.5 Å². The van der Waals surface area contributed by atoms with E-state index in [2.05, 4.69) is 281 Å². The Hall–Kier alpha value is -6.71. The number of carbonyl (C=O) groups is 2. The van der Waals surface area contributed by atoms with Gasteiger partial charge in [-0.05, 0) is 180 Å². The van der Waals surface area contributed by atoms with Gasteiger partial charge in [-0.2, -0.15) is 0 Å². The number of phosphoric ester groups is 1. The van der Waals surface area contributed by atoms with Crippen LogP contribution >= 0.6 is 7.82 Å². The van der Waals surface area contributed by atoms with Gasteiger partial charge in [0, 0.05) is 12.8 Å². The third-order valence-corrected chi connectivity index (χ3v) is 15.7. The van der Waals surface area contributed by atoms with Gasteiger partial charge in [0.2, 0.25) is 0 Å². The fraction of sp³-hybridized carbons (Fsp3) is 0.489. The molecule has 0 aliphatic rings. The van der Waals surface area contributed by atoms with Gasteiger partial charge in [-0.1, -0.05) is 307 Å². The van der Waals surface area contributed by atoms with Crippen molar-refractivity contribution in [1.29, 1.82) is 0 Å². The molecule has 0 rings (SSSR count). The average molecular weight is 1390 g/mol. The molecule has 0 amide bonds. The summed E-state index contributed by atoms with van der Waals surface area (Å²) >= 11 is 0. The number of nitrogens with zero attached hydrogens (tertiary/aromatic N) is 1. The fourth-order valence-electron chi connectivity index (χ4n) is 9.02. The molecule has 0 aromatic carbocycles. The van der Waals surface area contributed by atoms with E-state index in [0.717, 1.165) is 193 Å². The first-order valence-corrected chi connectivity index (χ1v) is 39.5. The average Bonchev–Trinajstić information content (AvgIpc) is 1.30. The van der Waals surface area contributed by atoms with Crippen LogP contribution in [0.4, 0.5) is 0 Å². The van der Waals surface area contributed by atoms with E-state index in [1.807, 2.05) is 21.1 Å². The molecule has 2 unspecified atom stereocenters. The Morgan fingerprint density at radius 1 is 0.310 bits per heavy atom. The first kappa shape index (κ1) is 93.3. The number of rotatable bonds is 66. The minimum atomic E-state index is -4.68. The minimum absolute atomic E-state index is 0.0564. The number of hydrogen-bond acceptors (Lipinski definition) is 8. The predicted octanol–water partition coefficient (Wildman–Crippen LogP) is 25.2. The molecule has 0 aromatic heterocycles. The second kappa shape index (κ2) is 76.5. The van der Waals surface area contributed by atoms with Gasteiger partial charge in [0.15, 0.2) is 6.10 Å². The van der Waals surface area contributed by atoms with Crippen molar-refractivity contribution in [3.8, 4) is 0 Å². The highest BCUT2D eigenvalue weighted by Crippen LogP contribution is 2.38. The number of likely N-dealkylation sites (N-methyl/N-ethyl adjacent to an activating group) is 1. The number of hydrogen-bond donors (Lipinski definition) is 0. The van der Waals surface area contributed by atoms with Crippen molar-refractivity contribution < 1.29 is 42.1 Å². The molecule has 9 nitrogen and oxygen atoms in total. The van der Waals surface area contributed by atoms with E-state index in [-0.39, 0.29) is 26.1 Å². The van der Waals surface area contributed by atoms with Gasteiger partial charge in [0.05, 0.1) is 27.7 Å². The van der Waals surface area contributed by atoms with Crippen LogP contribution in [-0.4, -0.2) is 70.0 Å². The molecule has 0 N–H and O–H groups in total. The van der Waals surface area contributed by atoms with Gasteiger partial charge >= 0.3 is 11.9 Å². The highest BCUT2D eigenvalue weighted by Gasteiger charge is 2.22. The Morgan fingerprint density at radius 2 is 0.540 bits per heavy atom. The summed E-state index contributed by atoms with van der Waals surface area (Å²) in [6, 6.07) is 0. The Balaban J connectivity index is 4.25. The van der Waals surface area contributed by atoms with Crippen LogP contribution in [0.2, 0.25) is 0 Å². The van der Waals surface area contributed by atoms with Crippen LogP contribution < -0.4 is 4.89 Å². The minimum Gasteiger partial charge on any atom is -0.756 e. The number of phosphoric acid groups is 1. The van der Waals surface area contributed by atoms with Gasteiger partial charge < -0.3 is 27.9 Å². The van der Waals surface area contributed by atoms with Crippen LogP contribution in [0.3, 0.4) is 0 Å². The van der Waals surface area contributed by atoms with E-state index in [4.69, 9.17) is 18.5 Å². The first-order chi connectivity index (χ1) is 49.0. The topological polar surface area (TPSA) is 111 Å². The largest absolute Gasteiger partial charge is 0.756 e. The smallest absolute Gasteiger partial charge is 0.306 e. The van der Waals surface area contributed by atoms with Gasteiger partial charge in [-0.3, -0.25) is 14.2 Å². The molecule has 10 heteroatoms. The summed E-state index contributed by atoms with van der Waals surface area (Å²) in [5, 5.41) is 0. The summed E-state index contributed by atoms with van der Waals surface area (Å²) in [5.74, 6) is -0.916. The van der Waals surface area contributed by atoms with Gasteiger partial charge in [0.1, 0.15) is 19.8 Å². The number of carbonyl (C=O) groups excluding carboxylic acids is 2. The molecule has 554 valence electrons. The zero-order chi connectivity index (χ0) is 72.5. The standard InChI is InChI=1S/C90H136NO8P/c1-6-8-10-12-14-16-18-20-22-24-26-28-30-32-34-36-38-40-42-43-44-45-46-47-49-51-53-55-57-59-61-63-65-67-69-71-73-75-77-79-81-83-90(93)99-88(87-98-100(94,95)97-85-84-91(3,4)5)86-96-89(92)82-80-78-76-74-72-70-68-66-64-62-60-58-56-54-52-50-48-41-39-37-35-33-31-29-27-25-23-21-19-17-15-13-11-9-7-2/h8-11,14-17,20-23,26-29,32-35,38-41,43-44,46-47,50-53,56-59,62-65,68-71,88H,6-7,12-13,18-19,24-25,30-31,36-37,42,45,48-49,54-55,60-61,66-67,72-87H2,1-5H3/b10-8-,11-9-,16-14-,17-15-,22-20-,23-21-,28-26-,29-27-,34-32-,35-33-,40-38-,41-39-,44-43-,47-46-,52-50-,53-51-,58-56-,59-57-,64-62-,65-63-,70-68-,71-69-. The third-order valence-electron chi connectivity index (χ3n) is 14.7. The predicted molar refractivity (Wildman–Crippen MR) is 433 cm³/mol. The van der Waals surface area contributed by atoms with Crippen molar-refractivity contribution >= 4 is 19.8 Å². The molecule has 0 heterocycles. The number of allylic oxidation sites excluding steroid dienone is 44. The molecule has 0 aliphatic carbocycles. The first-order valence-electron chi connectivity index (χ1n) is 38.0. The van der Waals surface area contributed by atoms with E-state index in [0.29, 0.717) is 23.9 Å². The molecule has 0 bridgehead atoms. The van der Waals surface area contributed by atoms with Crippen LogP contribution in [-0.2, 0) is 32.7 Å². The SMILES string of the molecule is CC/C=C\C/C=C\C/C=C\C/C=C\C/C=C\C/C=C\C/C=C\C/C=C\C/C=C\C/C=C\C/C=C\C/C=C\CCCCCCC(=O)OC(COC(=O)CCCCCC/C=C\C/C=C\C/C=C\C/C=C\C/C=C\C/C=C\C/C=C\C/C=C\C/C=C\C/C=C\CC)COP(=O)([O-])OCC[N+](C)(C)C. The summed E-state index contributed by atoms with van der Waals surface area (Å²) in [5.41, 5.74) is 0. The maximum Gasteiger partial charge on any atom is 0.306 e. The molecular weight excluding hydrogens is 1250 g/mol. The van der Waals surface area contributed by atoms with Crippen LogP contribution in [0.5, 0.6) is 0 Å². The summed E-state index contributed by atoms with van der Waals surface area (Å²) in [6.07, 6.45) is 128. The highest BCUT2D eigenvalue weighted by molar-refractivity contribution is 7.45. The molecule has 0 saturated carbocycles. The molecule has 0 aromatic rings. The zero-order valence-corrected chi connectivity index (χ0v) is 63.9. The fourth-order valence-corrected chi connectivity index (χ4v) is 9.75. The number of ether oxygens (including phenoxy) is 2. The van der Waals surface area contributed by atoms with Crippen LogP contribution in [0.15, 0.2) is 267 Å². The molecular formula is C90H136NO8P. The second-order valence-corrected chi connectivity index (χ2v) is 26.6. The lowest BCUT2D eigenvalue weighted by Gasteiger charge is -2.28. The highest BCUT2D eigenvalue weighted by atomic mass is 31.2. The molecule has 0 fully saturated rings. The van der Waals surface area contributed by atoms with Gasteiger partial charge in [-0.15, -0.1) is 0 Å². The Kier molecular flexibility index (Phi) is 71.3. The van der Waals surface area contributed by atoms with E-state index in [9.17, 15) is 19.0 Å². The normalized spacial score (nSPS) is 14.6. The van der Waals surface area contributed by atoms with Crippen molar-refractivity contribution in [1.82, 2.24) is 0 Å². The van der Waals surface area contributed by atoms with Gasteiger partial charge in [0.25, 0.3) is 7.82 Å². The van der Waals surface area contributed by atoms with Crippen molar-refractivity contribution in [3.63, 3.8) is 0 Å². The van der Waals surface area contributed by atoms with Crippen molar-refractivity contribution in [3.05, 3.63) is 267 Å². The van der Waals surface area contributed by atoms with Gasteiger partial charge in [-0.25, -0.2) is 0 Å². The summed E-state index contributed by atoms with van der Waals surface area (Å²) in [4.78, 5) is 38.1. The van der Waals surface area contributed by atoms with Crippen LogP contribution in [0.1, 0.15) is 232 Å². The summed E-state index contributed by atoms with van der Waals surface area (Å²) in [6.45, 7) is 3.91. The molecule has 0 spiro atoms. The lowest BCUT2D eigenvalue weighted by Crippen LogP contribution is -2.37. The second-order valence-electron chi connectivity index (χ2n) is 25.2. The number of unbranched alkanes of at least 4 members (excludes halogenated alkanes) is 8. The van der Waals surface area contributed by atoms with Crippen LogP contribution in [0.25, 0.3) is 0 Å².